The van der Waals surface area contributed by atoms with Crippen LogP contribution in [0.4, 0.5) is 0 Å². The van der Waals surface area contributed by atoms with Gasteiger partial charge in [-0.15, -0.1) is 10.2 Å². The van der Waals surface area contributed by atoms with E-state index in [1.165, 1.54) is 17.3 Å². The highest BCUT2D eigenvalue weighted by Crippen LogP contribution is 2.28. The molecule has 0 radical (unpaired) electrons. The number of nitrogens with zero attached hydrogens (tertiary/aromatic N) is 3. The Hall–Kier alpha value is -2.40. The third-order valence-electron chi connectivity index (χ3n) is 4.52. The van der Waals surface area contributed by atoms with Gasteiger partial charge in [-0.3, -0.25) is 4.79 Å². The van der Waals surface area contributed by atoms with Crippen molar-refractivity contribution in [1.82, 2.24) is 14.8 Å². The first-order valence-corrected chi connectivity index (χ1v) is 9.64. The summed E-state index contributed by atoms with van der Waals surface area (Å²) >= 11 is 1.44. The van der Waals surface area contributed by atoms with Crippen LogP contribution < -0.4 is 0 Å². The van der Waals surface area contributed by atoms with Crippen LogP contribution in [0.5, 0.6) is 0 Å². The predicted molar refractivity (Wildman–Crippen MR) is 107 cm³/mol. The first-order chi connectivity index (χ1) is 12.5. The molecule has 0 amide bonds. The predicted octanol–water partition coefficient (Wildman–Crippen LogP) is 4.72. The Balaban J connectivity index is 1.78. The van der Waals surface area contributed by atoms with Gasteiger partial charge in [-0.05, 0) is 31.4 Å². The Morgan fingerprint density at radius 1 is 1.12 bits per heavy atom. The van der Waals surface area contributed by atoms with Crippen LogP contribution >= 0.6 is 11.8 Å². The zero-order chi connectivity index (χ0) is 18.7. The van der Waals surface area contributed by atoms with E-state index >= 15 is 0 Å². The quantitative estimate of drug-likeness (QED) is 0.468. The molecule has 0 aliphatic heterocycles. The summed E-state index contributed by atoms with van der Waals surface area (Å²) in [6.07, 6.45) is 0.972. The van der Waals surface area contributed by atoms with Gasteiger partial charge in [-0.1, -0.05) is 67.2 Å². The van der Waals surface area contributed by atoms with Crippen LogP contribution in [-0.2, 0) is 13.5 Å². The van der Waals surface area contributed by atoms with E-state index in [9.17, 15) is 4.79 Å². The molecule has 5 heteroatoms. The smallest absolute Gasteiger partial charge is 0.191 e. The number of hydrogen-bond donors (Lipinski definition) is 0. The topological polar surface area (TPSA) is 47.8 Å². The monoisotopic (exact) mass is 365 g/mol. The number of aromatic nitrogens is 3. The molecule has 2 aromatic carbocycles. The standard InChI is InChI=1S/C21H23N3OS/c1-5-16-10-12-17(13-11-16)19(25)15(3)26-21-23-22-20(24(21)4)18-9-7-6-8-14(18)2/h6-13,15H,5H2,1-4H3/t15-/m1/s1. The van der Waals surface area contributed by atoms with Crippen LogP contribution in [0, 0.1) is 6.92 Å². The van der Waals surface area contributed by atoms with Gasteiger partial charge < -0.3 is 4.57 Å². The van der Waals surface area contributed by atoms with E-state index in [4.69, 9.17) is 0 Å². The van der Waals surface area contributed by atoms with Crippen molar-refractivity contribution in [3.8, 4) is 11.4 Å². The van der Waals surface area contributed by atoms with Crippen molar-refractivity contribution in [1.29, 1.82) is 0 Å². The summed E-state index contributed by atoms with van der Waals surface area (Å²) in [5.41, 5.74) is 4.18. The molecule has 0 fully saturated rings. The molecular formula is C21H23N3OS. The average Bonchev–Trinajstić information content (AvgIpc) is 3.02. The average molecular weight is 366 g/mol. The molecule has 1 aromatic heterocycles. The highest BCUT2D eigenvalue weighted by atomic mass is 32.2. The van der Waals surface area contributed by atoms with Gasteiger partial charge in [0.25, 0.3) is 0 Å². The van der Waals surface area contributed by atoms with Crippen molar-refractivity contribution in [2.24, 2.45) is 7.05 Å². The second kappa shape index (κ2) is 7.87. The maximum atomic E-state index is 12.7. The minimum absolute atomic E-state index is 0.109. The molecule has 0 bridgehead atoms. The fourth-order valence-corrected chi connectivity index (χ4v) is 3.72. The number of Topliss-reactive ketones (excluding diaryl/α,β-unsaturated/α-hetero) is 1. The molecule has 3 aromatic rings. The number of thioether (sulfide) groups is 1. The molecule has 26 heavy (non-hydrogen) atoms. The molecule has 0 saturated heterocycles. The van der Waals surface area contributed by atoms with Crippen LogP contribution in [0.2, 0.25) is 0 Å². The van der Waals surface area contributed by atoms with E-state index in [0.29, 0.717) is 0 Å². The van der Waals surface area contributed by atoms with Gasteiger partial charge in [0.05, 0.1) is 5.25 Å². The molecule has 0 saturated carbocycles. The number of hydrogen-bond acceptors (Lipinski definition) is 4. The Kier molecular flexibility index (Phi) is 5.57. The van der Waals surface area contributed by atoms with Crippen molar-refractivity contribution in [3.63, 3.8) is 0 Å². The summed E-state index contributed by atoms with van der Waals surface area (Å²) in [4.78, 5) is 12.7. The number of benzene rings is 2. The SMILES string of the molecule is CCc1ccc(C(=O)[C@@H](C)Sc2nnc(-c3ccccc3C)n2C)cc1. The number of rotatable bonds is 6. The third-order valence-corrected chi connectivity index (χ3v) is 5.65. The van der Waals surface area contributed by atoms with Crippen molar-refractivity contribution in [2.75, 3.05) is 0 Å². The second-order valence-corrected chi connectivity index (χ2v) is 7.66. The van der Waals surface area contributed by atoms with Crippen LogP contribution in [0.1, 0.15) is 35.3 Å². The lowest BCUT2D eigenvalue weighted by Gasteiger charge is -2.11. The van der Waals surface area contributed by atoms with Crippen LogP contribution in [0.15, 0.2) is 53.7 Å². The van der Waals surface area contributed by atoms with Crippen molar-refractivity contribution in [2.45, 2.75) is 37.6 Å². The summed E-state index contributed by atoms with van der Waals surface area (Å²) in [5.74, 6) is 0.927. The number of carbonyl (C=O) groups excluding carboxylic acids is 1. The maximum Gasteiger partial charge on any atom is 0.191 e. The van der Waals surface area contributed by atoms with Gasteiger partial charge in [0.2, 0.25) is 0 Å². The summed E-state index contributed by atoms with van der Waals surface area (Å²) < 4.78 is 1.96. The summed E-state index contributed by atoms with van der Waals surface area (Å²) in [6, 6.07) is 16.0. The van der Waals surface area contributed by atoms with E-state index in [0.717, 1.165) is 34.1 Å². The van der Waals surface area contributed by atoms with Crippen molar-refractivity contribution in [3.05, 3.63) is 65.2 Å². The summed E-state index contributed by atoms with van der Waals surface area (Å²) in [5, 5.41) is 9.15. The van der Waals surface area contributed by atoms with E-state index in [1.807, 2.05) is 61.0 Å². The lowest BCUT2D eigenvalue weighted by Crippen LogP contribution is -2.14. The van der Waals surface area contributed by atoms with Gasteiger partial charge in [-0.2, -0.15) is 0 Å². The Labute approximate surface area is 158 Å². The molecule has 3 rings (SSSR count). The zero-order valence-electron chi connectivity index (χ0n) is 15.6. The highest BCUT2D eigenvalue weighted by Gasteiger charge is 2.21. The Bertz CT molecular complexity index is 915. The maximum absolute atomic E-state index is 12.7. The second-order valence-electron chi connectivity index (χ2n) is 6.35. The van der Waals surface area contributed by atoms with Gasteiger partial charge in [0.1, 0.15) is 0 Å². The van der Waals surface area contributed by atoms with Gasteiger partial charge >= 0.3 is 0 Å². The molecule has 0 unspecified atom stereocenters. The normalized spacial score (nSPS) is 12.2. The van der Waals surface area contributed by atoms with E-state index in [-0.39, 0.29) is 11.0 Å². The number of aryl methyl sites for hydroxylation is 2. The van der Waals surface area contributed by atoms with E-state index in [2.05, 4.69) is 30.1 Å². The number of carbonyl (C=O) groups is 1. The van der Waals surface area contributed by atoms with Crippen LogP contribution in [0.3, 0.4) is 0 Å². The number of ketones is 1. The largest absolute Gasteiger partial charge is 0.305 e. The molecule has 0 N–H and O–H groups in total. The molecule has 134 valence electrons. The lowest BCUT2D eigenvalue weighted by molar-refractivity contribution is 0.0994. The van der Waals surface area contributed by atoms with E-state index < -0.39 is 0 Å². The third kappa shape index (κ3) is 3.73. The summed E-state index contributed by atoms with van der Waals surface area (Å²) in [7, 11) is 1.94. The van der Waals surface area contributed by atoms with Crippen LogP contribution in [-0.4, -0.2) is 25.8 Å². The van der Waals surface area contributed by atoms with Gasteiger partial charge in [-0.25, -0.2) is 0 Å². The minimum atomic E-state index is -0.227. The van der Waals surface area contributed by atoms with Crippen LogP contribution in [0.25, 0.3) is 11.4 Å². The first-order valence-electron chi connectivity index (χ1n) is 8.76. The highest BCUT2D eigenvalue weighted by molar-refractivity contribution is 8.00. The van der Waals surface area contributed by atoms with E-state index in [1.54, 1.807) is 0 Å². The lowest BCUT2D eigenvalue weighted by atomic mass is 10.1. The van der Waals surface area contributed by atoms with Crippen molar-refractivity contribution >= 4 is 17.5 Å². The fraction of sp³-hybridized carbons (Fsp3) is 0.286. The molecular weight excluding hydrogens is 342 g/mol. The zero-order valence-corrected chi connectivity index (χ0v) is 16.4. The minimum Gasteiger partial charge on any atom is -0.305 e. The molecule has 0 aliphatic rings. The molecule has 1 atom stereocenters. The molecule has 0 aliphatic carbocycles. The molecule has 4 nitrogen and oxygen atoms in total. The molecule has 1 heterocycles. The van der Waals surface area contributed by atoms with Crippen molar-refractivity contribution < 1.29 is 4.79 Å². The Morgan fingerprint density at radius 3 is 2.46 bits per heavy atom. The van der Waals surface area contributed by atoms with Gasteiger partial charge in [0, 0.05) is 18.2 Å². The summed E-state index contributed by atoms with van der Waals surface area (Å²) in [6.45, 7) is 6.08. The first kappa shape index (κ1) is 18.4. The Morgan fingerprint density at radius 2 is 1.81 bits per heavy atom. The molecule has 0 spiro atoms. The van der Waals surface area contributed by atoms with Gasteiger partial charge in [0.15, 0.2) is 16.8 Å². The fourth-order valence-electron chi connectivity index (χ4n) is 2.83.